The molecule has 0 saturated carbocycles. The van der Waals surface area contributed by atoms with Crippen LogP contribution in [-0.4, -0.2) is 68.2 Å². The molecule has 40 heavy (non-hydrogen) atoms. The fourth-order valence-electron chi connectivity index (χ4n) is 6.59. The van der Waals surface area contributed by atoms with Crippen molar-refractivity contribution >= 4 is 16.7 Å². The van der Waals surface area contributed by atoms with E-state index in [-0.39, 0.29) is 11.9 Å². The van der Waals surface area contributed by atoms with Gasteiger partial charge in [0.05, 0.1) is 30.2 Å². The van der Waals surface area contributed by atoms with Crippen molar-refractivity contribution in [2.24, 2.45) is 5.92 Å². The lowest BCUT2D eigenvalue weighted by Gasteiger charge is -2.27. The fourth-order valence-corrected chi connectivity index (χ4v) is 6.59. The van der Waals surface area contributed by atoms with Crippen LogP contribution in [-0.2, 0) is 29.0 Å². The van der Waals surface area contributed by atoms with Crippen molar-refractivity contribution in [3.8, 4) is 22.5 Å². The van der Waals surface area contributed by atoms with E-state index in [4.69, 9.17) is 14.8 Å². The highest BCUT2D eigenvalue weighted by Crippen LogP contribution is 2.37. The Morgan fingerprint density at radius 1 is 1.18 bits per heavy atom. The number of amides is 1. The van der Waals surface area contributed by atoms with Gasteiger partial charge in [-0.15, -0.1) is 0 Å². The molecule has 3 aromatic heterocycles. The van der Waals surface area contributed by atoms with E-state index >= 15 is 0 Å². The molecule has 6 heterocycles. The number of carbonyl (C=O) groups excluding carboxylic acids is 1. The van der Waals surface area contributed by atoms with Gasteiger partial charge in [0.25, 0.3) is 0 Å². The number of hydrogen-bond donors (Lipinski definition) is 1. The molecule has 2 saturated heterocycles. The Labute approximate surface area is 234 Å². The minimum Gasteiger partial charge on any atom is -0.379 e. The lowest BCUT2D eigenvalue weighted by atomic mass is 9.95. The van der Waals surface area contributed by atoms with Gasteiger partial charge in [0, 0.05) is 79.7 Å². The number of nitrogens with zero attached hydrogens (tertiary/aromatic N) is 6. The van der Waals surface area contributed by atoms with Crippen LogP contribution >= 0.6 is 0 Å². The topological polar surface area (TPSA) is 90.1 Å². The van der Waals surface area contributed by atoms with Crippen LogP contribution in [0.3, 0.4) is 0 Å². The molecule has 0 radical (unpaired) electrons. The van der Waals surface area contributed by atoms with E-state index < -0.39 is 0 Å². The molecule has 0 aliphatic carbocycles. The average molecular weight is 540 g/mol. The Morgan fingerprint density at radius 3 is 2.90 bits per heavy atom. The van der Waals surface area contributed by atoms with Crippen molar-refractivity contribution in [1.29, 1.82) is 0 Å². The van der Waals surface area contributed by atoms with Crippen molar-refractivity contribution in [1.82, 2.24) is 34.8 Å². The second-order valence-corrected chi connectivity index (χ2v) is 11.5. The molecule has 208 valence electrons. The highest BCUT2D eigenvalue weighted by Gasteiger charge is 2.31. The van der Waals surface area contributed by atoms with E-state index in [0.717, 1.165) is 90.4 Å². The van der Waals surface area contributed by atoms with Gasteiger partial charge in [-0.3, -0.25) is 19.1 Å². The summed E-state index contributed by atoms with van der Waals surface area (Å²) < 4.78 is 9.96. The van der Waals surface area contributed by atoms with E-state index in [1.54, 1.807) is 6.92 Å². The zero-order valence-electron chi connectivity index (χ0n) is 23.2. The number of aromatic nitrogens is 5. The number of pyridine rings is 1. The van der Waals surface area contributed by atoms with Crippen molar-refractivity contribution in [3.63, 3.8) is 0 Å². The van der Waals surface area contributed by atoms with Crippen molar-refractivity contribution in [2.45, 2.75) is 58.2 Å². The fraction of sp³-hybridized carbons (Fsp3) is 0.484. The first-order valence-corrected chi connectivity index (χ1v) is 14.7. The highest BCUT2D eigenvalue weighted by atomic mass is 16.5. The summed E-state index contributed by atoms with van der Waals surface area (Å²) in [5.74, 6) is 0.887. The maximum atomic E-state index is 12.3. The smallest absolute Gasteiger partial charge is 0.219 e. The molecule has 2 fully saturated rings. The molecule has 4 aromatic rings. The summed E-state index contributed by atoms with van der Waals surface area (Å²) in [7, 11) is 0. The maximum Gasteiger partial charge on any atom is 0.219 e. The Hall–Kier alpha value is -3.56. The van der Waals surface area contributed by atoms with Gasteiger partial charge in [-0.2, -0.15) is 10.2 Å². The average Bonchev–Trinajstić information content (AvgIpc) is 3.76. The van der Waals surface area contributed by atoms with Crippen molar-refractivity contribution in [2.75, 3.05) is 32.8 Å². The standard InChI is InChI=1S/C31H37N7O2/c1-21(39)36-12-8-30-28(19-36)31(35-38(30)25-9-14-40-20-25)26-4-2-3-23-15-29(33-17-27(23)26)24-16-34-37(18-24)13-7-22-5-10-32-11-6-22/h2-4,15-18,22,25,32H,5-14,19-20H2,1H3/t25-/m0/s1. The van der Waals surface area contributed by atoms with Crippen LogP contribution in [0, 0.1) is 5.92 Å². The number of nitrogens with one attached hydrogen (secondary N) is 1. The van der Waals surface area contributed by atoms with Gasteiger partial charge in [-0.05, 0) is 56.1 Å². The summed E-state index contributed by atoms with van der Waals surface area (Å²) >= 11 is 0. The first kappa shape index (κ1) is 25.4. The Morgan fingerprint density at radius 2 is 2.08 bits per heavy atom. The lowest BCUT2D eigenvalue weighted by molar-refractivity contribution is -0.129. The summed E-state index contributed by atoms with van der Waals surface area (Å²) in [5.41, 5.74) is 6.38. The number of rotatable bonds is 6. The van der Waals surface area contributed by atoms with Gasteiger partial charge in [-0.25, -0.2) is 0 Å². The first-order chi connectivity index (χ1) is 19.6. The summed E-state index contributed by atoms with van der Waals surface area (Å²) in [6.45, 7) is 7.63. The predicted octanol–water partition coefficient (Wildman–Crippen LogP) is 4.22. The van der Waals surface area contributed by atoms with E-state index in [1.165, 1.54) is 25.0 Å². The predicted molar refractivity (Wildman–Crippen MR) is 154 cm³/mol. The largest absolute Gasteiger partial charge is 0.379 e. The molecule has 1 aromatic carbocycles. The number of carbonyl (C=O) groups is 1. The second-order valence-electron chi connectivity index (χ2n) is 11.5. The normalized spacial score (nSPS) is 19.8. The lowest BCUT2D eigenvalue weighted by Crippen LogP contribution is -2.35. The summed E-state index contributed by atoms with van der Waals surface area (Å²) in [6, 6.07) is 8.77. The molecule has 9 nitrogen and oxygen atoms in total. The van der Waals surface area contributed by atoms with E-state index in [2.05, 4.69) is 50.2 Å². The number of fused-ring (bicyclic) bond motifs is 2. The molecule has 0 bridgehead atoms. The van der Waals surface area contributed by atoms with Gasteiger partial charge in [0.1, 0.15) is 0 Å². The zero-order chi connectivity index (χ0) is 27.1. The van der Waals surface area contributed by atoms with Crippen molar-refractivity contribution < 1.29 is 9.53 Å². The summed E-state index contributed by atoms with van der Waals surface area (Å²) in [6.07, 6.45) is 11.5. The third-order valence-electron chi connectivity index (χ3n) is 8.96. The Bertz CT molecular complexity index is 1530. The maximum absolute atomic E-state index is 12.3. The van der Waals surface area contributed by atoms with Crippen LogP contribution in [0.25, 0.3) is 33.3 Å². The number of piperidine rings is 1. The Balaban J connectivity index is 1.20. The number of hydrogen-bond acceptors (Lipinski definition) is 6. The van der Waals surface area contributed by atoms with Crippen LogP contribution < -0.4 is 5.32 Å². The quantitative estimate of drug-likeness (QED) is 0.395. The number of benzene rings is 1. The summed E-state index contributed by atoms with van der Waals surface area (Å²) in [5, 5.41) is 15.5. The van der Waals surface area contributed by atoms with Crippen LogP contribution in [0.4, 0.5) is 0 Å². The number of aryl methyl sites for hydroxylation is 1. The molecule has 0 unspecified atom stereocenters. The second kappa shape index (κ2) is 10.8. The minimum atomic E-state index is 0.106. The van der Waals surface area contributed by atoms with E-state index in [9.17, 15) is 4.79 Å². The SMILES string of the molecule is CC(=O)N1CCc2c(c(-c3cccc4cc(-c5cnn(CCC6CCNCC6)c5)ncc34)nn2[C@H]2CCOC2)C1. The van der Waals surface area contributed by atoms with Gasteiger partial charge < -0.3 is 15.0 Å². The van der Waals surface area contributed by atoms with Crippen LogP contribution in [0.1, 0.15) is 49.9 Å². The molecule has 3 aliphatic rings. The van der Waals surface area contributed by atoms with E-state index in [1.807, 2.05) is 17.3 Å². The molecule has 0 spiro atoms. The molecule has 1 amide bonds. The minimum absolute atomic E-state index is 0.106. The third kappa shape index (κ3) is 4.81. The highest BCUT2D eigenvalue weighted by molar-refractivity contribution is 5.97. The summed E-state index contributed by atoms with van der Waals surface area (Å²) in [4.78, 5) is 19.1. The number of ether oxygens (including phenoxy) is 1. The molecular formula is C31H37N7O2. The molecule has 9 heteroatoms. The molecule has 7 rings (SSSR count). The van der Waals surface area contributed by atoms with E-state index in [0.29, 0.717) is 13.2 Å². The van der Waals surface area contributed by atoms with Gasteiger partial charge in [-0.1, -0.05) is 18.2 Å². The van der Waals surface area contributed by atoms with Gasteiger partial charge >= 0.3 is 0 Å². The zero-order valence-corrected chi connectivity index (χ0v) is 23.2. The monoisotopic (exact) mass is 539 g/mol. The van der Waals surface area contributed by atoms with Crippen molar-refractivity contribution in [3.05, 3.63) is 54.1 Å². The molecule has 1 atom stereocenters. The van der Waals surface area contributed by atoms with Gasteiger partial charge in [0.15, 0.2) is 0 Å². The van der Waals surface area contributed by atoms with Crippen LogP contribution in [0.15, 0.2) is 42.9 Å². The molecular weight excluding hydrogens is 502 g/mol. The van der Waals surface area contributed by atoms with Gasteiger partial charge in [0.2, 0.25) is 5.91 Å². The third-order valence-corrected chi connectivity index (χ3v) is 8.96. The Kier molecular flexibility index (Phi) is 6.85. The molecule has 3 aliphatic heterocycles. The van der Waals surface area contributed by atoms with Crippen LogP contribution in [0.5, 0.6) is 0 Å². The molecule has 1 N–H and O–H groups in total. The first-order valence-electron chi connectivity index (χ1n) is 14.7. The van der Waals surface area contributed by atoms with Crippen LogP contribution in [0.2, 0.25) is 0 Å².